The molecular weight excluding hydrogens is 196 g/mol. The molecule has 0 saturated heterocycles. The van der Waals surface area contributed by atoms with Crippen molar-refractivity contribution < 1.29 is 4.79 Å². The average Bonchev–Trinajstić information content (AvgIpc) is 2.58. The highest BCUT2D eigenvalue weighted by Crippen LogP contribution is 2.38. The molecule has 0 radical (unpaired) electrons. The molecule has 0 N–H and O–H groups in total. The van der Waals surface area contributed by atoms with Crippen molar-refractivity contribution in [2.45, 2.75) is 33.1 Å². The van der Waals surface area contributed by atoms with Crippen LogP contribution < -0.4 is 0 Å². The minimum Gasteiger partial charge on any atom is -0.294 e. The molecule has 1 heteroatoms. The van der Waals surface area contributed by atoms with Gasteiger partial charge in [-0.25, -0.2) is 0 Å². The van der Waals surface area contributed by atoms with Crippen LogP contribution in [0.4, 0.5) is 0 Å². The largest absolute Gasteiger partial charge is 0.294 e. The lowest BCUT2D eigenvalue weighted by Crippen LogP contribution is -2.06. The molecule has 0 fully saturated rings. The molecular formula is C15H18O. The maximum Gasteiger partial charge on any atom is 0.166 e. The molecule has 1 atom stereocenters. The van der Waals surface area contributed by atoms with Crippen LogP contribution in [-0.2, 0) is 4.79 Å². The number of carbonyl (C=O) groups is 1. The Morgan fingerprint density at radius 2 is 1.81 bits per heavy atom. The minimum absolute atomic E-state index is 0.0681. The number of ketones is 1. The second-order valence-corrected chi connectivity index (χ2v) is 4.84. The van der Waals surface area contributed by atoms with Crippen molar-refractivity contribution in [2.24, 2.45) is 5.92 Å². The molecule has 0 saturated carbocycles. The molecule has 84 valence electrons. The smallest absolute Gasteiger partial charge is 0.166 e. The van der Waals surface area contributed by atoms with Gasteiger partial charge in [-0.3, -0.25) is 4.79 Å². The summed E-state index contributed by atoms with van der Waals surface area (Å²) in [5, 5.41) is 0. The van der Waals surface area contributed by atoms with Crippen molar-refractivity contribution in [3.63, 3.8) is 0 Å². The van der Waals surface area contributed by atoms with E-state index >= 15 is 0 Å². The number of benzene rings is 1. The fraction of sp³-hybridized carbons (Fsp3) is 0.400. The summed E-state index contributed by atoms with van der Waals surface area (Å²) in [6.07, 6.45) is 0.909. The summed E-state index contributed by atoms with van der Waals surface area (Å²) in [6.45, 7) is 6.31. The monoisotopic (exact) mass is 214 g/mol. The summed E-state index contributed by atoms with van der Waals surface area (Å²) in [5.41, 5.74) is 3.48. The van der Waals surface area contributed by atoms with Gasteiger partial charge in [0.1, 0.15) is 0 Å². The SMILES string of the molecule is CC1=C(C(C)C)CC(c2ccccc2)C1=O. The molecule has 1 unspecified atom stereocenters. The molecule has 1 aromatic rings. The second kappa shape index (κ2) is 4.25. The number of Topliss-reactive ketones (excluding diaryl/α,β-unsaturated/α-hetero) is 1. The molecule has 0 aromatic heterocycles. The Hall–Kier alpha value is -1.37. The Labute approximate surface area is 97.2 Å². The highest BCUT2D eigenvalue weighted by molar-refractivity contribution is 6.03. The molecule has 0 bridgehead atoms. The summed E-state index contributed by atoms with van der Waals surface area (Å²) in [5.74, 6) is 0.867. The summed E-state index contributed by atoms with van der Waals surface area (Å²) in [7, 11) is 0. The van der Waals surface area contributed by atoms with Crippen LogP contribution in [0.3, 0.4) is 0 Å². The average molecular weight is 214 g/mol. The van der Waals surface area contributed by atoms with Crippen LogP contribution in [0.5, 0.6) is 0 Å². The number of hydrogen-bond acceptors (Lipinski definition) is 1. The molecule has 16 heavy (non-hydrogen) atoms. The Bertz CT molecular complexity index is 426. The van der Waals surface area contributed by atoms with Crippen molar-refractivity contribution >= 4 is 5.78 Å². The van der Waals surface area contributed by atoms with E-state index in [1.807, 2.05) is 25.1 Å². The summed E-state index contributed by atoms with van der Waals surface area (Å²) < 4.78 is 0. The van der Waals surface area contributed by atoms with Crippen LogP contribution >= 0.6 is 0 Å². The van der Waals surface area contributed by atoms with E-state index in [-0.39, 0.29) is 5.92 Å². The standard InChI is InChI=1S/C15H18O/c1-10(2)13-9-14(15(16)11(13)3)12-7-5-4-6-8-12/h4-8,10,14H,9H2,1-3H3. The van der Waals surface area contributed by atoms with E-state index in [1.165, 1.54) is 5.57 Å². The van der Waals surface area contributed by atoms with Gasteiger partial charge in [0.05, 0.1) is 5.92 Å². The summed E-state index contributed by atoms with van der Waals surface area (Å²) in [6, 6.07) is 10.1. The number of allylic oxidation sites excluding steroid dienone is 2. The van der Waals surface area contributed by atoms with Gasteiger partial charge < -0.3 is 0 Å². The van der Waals surface area contributed by atoms with E-state index in [0.717, 1.165) is 17.6 Å². The third kappa shape index (κ3) is 1.82. The molecule has 0 amide bonds. The molecule has 0 spiro atoms. The maximum atomic E-state index is 12.2. The van der Waals surface area contributed by atoms with E-state index in [1.54, 1.807) is 0 Å². The van der Waals surface area contributed by atoms with Crippen LogP contribution in [0.25, 0.3) is 0 Å². The van der Waals surface area contributed by atoms with Gasteiger partial charge in [0.25, 0.3) is 0 Å². The Morgan fingerprint density at radius 1 is 1.19 bits per heavy atom. The van der Waals surface area contributed by atoms with Gasteiger partial charge in [-0.05, 0) is 30.4 Å². The Balaban J connectivity index is 2.29. The van der Waals surface area contributed by atoms with E-state index in [2.05, 4.69) is 26.0 Å². The molecule has 1 aromatic carbocycles. The lowest BCUT2D eigenvalue weighted by Gasteiger charge is -2.10. The number of carbonyl (C=O) groups excluding carboxylic acids is 1. The van der Waals surface area contributed by atoms with Crippen molar-refractivity contribution in [1.82, 2.24) is 0 Å². The molecule has 0 heterocycles. The van der Waals surface area contributed by atoms with Gasteiger partial charge in [0.2, 0.25) is 0 Å². The highest BCUT2D eigenvalue weighted by atomic mass is 16.1. The predicted molar refractivity (Wildman–Crippen MR) is 66.3 cm³/mol. The third-order valence-corrected chi connectivity index (χ3v) is 3.49. The third-order valence-electron chi connectivity index (χ3n) is 3.49. The van der Waals surface area contributed by atoms with E-state index in [9.17, 15) is 4.79 Å². The van der Waals surface area contributed by atoms with E-state index < -0.39 is 0 Å². The zero-order valence-corrected chi connectivity index (χ0v) is 10.2. The van der Waals surface area contributed by atoms with Gasteiger partial charge in [-0.2, -0.15) is 0 Å². The van der Waals surface area contributed by atoms with Crippen molar-refractivity contribution in [1.29, 1.82) is 0 Å². The van der Waals surface area contributed by atoms with Gasteiger partial charge in [0, 0.05) is 0 Å². The lowest BCUT2D eigenvalue weighted by atomic mass is 9.93. The van der Waals surface area contributed by atoms with Gasteiger partial charge in [-0.1, -0.05) is 49.8 Å². The van der Waals surface area contributed by atoms with Crippen molar-refractivity contribution in [2.75, 3.05) is 0 Å². The zero-order chi connectivity index (χ0) is 11.7. The molecule has 2 rings (SSSR count). The Kier molecular flexibility index (Phi) is 2.95. The van der Waals surface area contributed by atoms with E-state index in [0.29, 0.717) is 11.7 Å². The minimum atomic E-state index is 0.0681. The van der Waals surface area contributed by atoms with Gasteiger partial charge in [-0.15, -0.1) is 0 Å². The van der Waals surface area contributed by atoms with Crippen molar-refractivity contribution in [3.8, 4) is 0 Å². The van der Waals surface area contributed by atoms with E-state index in [4.69, 9.17) is 0 Å². The zero-order valence-electron chi connectivity index (χ0n) is 10.2. The summed E-state index contributed by atoms with van der Waals surface area (Å²) in [4.78, 5) is 12.2. The number of rotatable bonds is 2. The molecule has 1 aliphatic carbocycles. The molecule has 1 aliphatic rings. The first-order chi connectivity index (χ1) is 7.61. The first-order valence-electron chi connectivity index (χ1n) is 5.90. The second-order valence-electron chi connectivity index (χ2n) is 4.84. The molecule has 0 aliphatic heterocycles. The van der Waals surface area contributed by atoms with Crippen LogP contribution in [-0.4, -0.2) is 5.78 Å². The molecule has 1 nitrogen and oxygen atoms in total. The lowest BCUT2D eigenvalue weighted by molar-refractivity contribution is -0.116. The first-order valence-corrected chi connectivity index (χ1v) is 5.90. The van der Waals surface area contributed by atoms with Crippen LogP contribution in [0, 0.1) is 5.92 Å². The van der Waals surface area contributed by atoms with Crippen LogP contribution in [0.15, 0.2) is 41.5 Å². The fourth-order valence-corrected chi connectivity index (χ4v) is 2.51. The number of hydrogen-bond donors (Lipinski definition) is 0. The van der Waals surface area contributed by atoms with Gasteiger partial charge in [0.15, 0.2) is 5.78 Å². The summed E-state index contributed by atoms with van der Waals surface area (Å²) >= 11 is 0. The first kappa shape index (κ1) is 11.1. The van der Waals surface area contributed by atoms with Gasteiger partial charge >= 0.3 is 0 Å². The fourth-order valence-electron chi connectivity index (χ4n) is 2.51. The highest BCUT2D eigenvalue weighted by Gasteiger charge is 2.32. The Morgan fingerprint density at radius 3 is 2.31 bits per heavy atom. The van der Waals surface area contributed by atoms with Crippen LogP contribution in [0.2, 0.25) is 0 Å². The van der Waals surface area contributed by atoms with Crippen LogP contribution in [0.1, 0.15) is 38.7 Å². The maximum absolute atomic E-state index is 12.2. The normalized spacial score (nSPS) is 21.0. The topological polar surface area (TPSA) is 17.1 Å². The quantitative estimate of drug-likeness (QED) is 0.733. The van der Waals surface area contributed by atoms with Crippen molar-refractivity contribution in [3.05, 3.63) is 47.0 Å². The predicted octanol–water partition coefficient (Wildman–Crippen LogP) is 3.72.